The molecule has 2 aromatic heterocycles. The normalized spacial score (nSPS) is 16.9. The van der Waals surface area contributed by atoms with Crippen molar-refractivity contribution in [3.63, 3.8) is 0 Å². The van der Waals surface area contributed by atoms with Gasteiger partial charge < -0.3 is 14.8 Å². The number of benzene rings is 1. The Morgan fingerprint density at radius 2 is 2.13 bits per heavy atom. The molecule has 0 saturated carbocycles. The molecule has 0 radical (unpaired) electrons. The van der Waals surface area contributed by atoms with E-state index in [2.05, 4.69) is 39.6 Å². The molecule has 0 spiro atoms. The number of anilines is 2. The van der Waals surface area contributed by atoms with Gasteiger partial charge in [0.2, 0.25) is 5.95 Å². The summed E-state index contributed by atoms with van der Waals surface area (Å²) in [6, 6.07) is 5.98. The fourth-order valence-corrected chi connectivity index (χ4v) is 3.65. The van der Waals surface area contributed by atoms with E-state index >= 15 is 0 Å². The molecule has 1 aliphatic heterocycles. The standard InChI is InChI=1S/C24H29N5O2/c1-16-8-9-21(22(11-16)30-4)28-24-25-13-19(18(3)27-24)12-17(2)20-14-26-29(15-20)23-7-5-6-10-31-23/h8-9,11-15,23H,5-7,10H2,1-4H3,(H,25,27,28)/b17-12+. The van der Waals surface area contributed by atoms with Crippen molar-refractivity contribution in [1.82, 2.24) is 19.7 Å². The van der Waals surface area contributed by atoms with Crippen molar-refractivity contribution in [3.05, 3.63) is 59.2 Å². The lowest BCUT2D eigenvalue weighted by Gasteiger charge is -2.22. The number of hydrogen-bond donors (Lipinski definition) is 1. The third-order valence-corrected chi connectivity index (χ3v) is 5.50. The van der Waals surface area contributed by atoms with Gasteiger partial charge in [0, 0.05) is 30.1 Å². The lowest BCUT2D eigenvalue weighted by molar-refractivity contribution is -0.0394. The van der Waals surface area contributed by atoms with Crippen LogP contribution < -0.4 is 10.1 Å². The first-order chi connectivity index (χ1) is 15.0. The van der Waals surface area contributed by atoms with E-state index in [1.807, 2.05) is 49.1 Å². The number of nitrogens with zero attached hydrogens (tertiary/aromatic N) is 4. The maximum Gasteiger partial charge on any atom is 0.227 e. The molecule has 162 valence electrons. The summed E-state index contributed by atoms with van der Waals surface area (Å²) >= 11 is 0. The molecule has 3 aromatic rings. The number of rotatable bonds is 6. The fourth-order valence-electron chi connectivity index (χ4n) is 3.65. The van der Waals surface area contributed by atoms with Crippen molar-refractivity contribution in [3.8, 4) is 5.75 Å². The quantitative estimate of drug-likeness (QED) is 0.584. The second kappa shape index (κ2) is 9.31. The first kappa shape index (κ1) is 21.1. The summed E-state index contributed by atoms with van der Waals surface area (Å²) in [6.07, 6.45) is 11.2. The Bertz CT molecular complexity index is 1080. The third-order valence-electron chi connectivity index (χ3n) is 5.50. The van der Waals surface area contributed by atoms with Gasteiger partial charge in [-0.3, -0.25) is 0 Å². The number of allylic oxidation sites excluding steroid dienone is 1. The van der Waals surface area contributed by atoms with Gasteiger partial charge in [-0.15, -0.1) is 0 Å². The van der Waals surface area contributed by atoms with Crippen molar-refractivity contribution in [2.45, 2.75) is 46.3 Å². The first-order valence-electron chi connectivity index (χ1n) is 10.6. The Hall–Kier alpha value is -3.19. The molecule has 7 nitrogen and oxygen atoms in total. The van der Waals surface area contributed by atoms with Crippen molar-refractivity contribution >= 4 is 23.3 Å². The number of aromatic nitrogens is 4. The van der Waals surface area contributed by atoms with Crippen molar-refractivity contribution < 1.29 is 9.47 Å². The smallest absolute Gasteiger partial charge is 0.227 e. The van der Waals surface area contributed by atoms with E-state index in [1.165, 1.54) is 6.42 Å². The summed E-state index contributed by atoms with van der Waals surface area (Å²) in [5.41, 5.74) is 6.01. The predicted octanol–water partition coefficient (Wildman–Crippen LogP) is 5.30. The second-order valence-corrected chi connectivity index (χ2v) is 7.92. The molecular formula is C24H29N5O2. The Labute approximate surface area is 183 Å². The molecule has 0 aliphatic carbocycles. The van der Waals surface area contributed by atoms with Crippen LogP contribution in [0, 0.1) is 13.8 Å². The molecule has 4 rings (SSSR count). The molecule has 1 aromatic carbocycles. The summed E-state index contributed by atoms with van der Waals surface area (Å²) < 4.78 is 13.2. The minimum absolute atomic E-state index is 0.0458. The molecule has 0 amide bonds. The van der Waals surface area contributed by atoms with Crippen LogP contribution in [0.1, 0.15) is 54.8 Å². The molecule has 1 unspecified atom stereocenters. The summed E-state index contributed by atoms with van der Waals surface area (Å²) in [5, 5.41) is 7.75. The van der Waals surface area contributed by atoms with E-state index in [4.69, 9.17) is 9.47 Å². The van der Waals surface area contributed by atoms with Crippen LogP contribution in [0.5, 0.6) is 5.75 Å². The van der Waals surface area contributed by atoms with Crippen LogP contribution in [0.3, 0.4) is 0 Å². The van der Waals surface area contributed by atoms with Crippen LogP contribution in [-0.4, -0.2) is 33.5 Å². The molecule has 7 heteroatoms. The SMILES string of the molecule is COc1cc(C)ccc1Nc1ncc(/C=C(\C)c2cnn(C3CCCCO3)c2)c(C)n1. The zero-order valence-electron chi connectivity index (χ0n) is 18.6. The van der Waals surface area contributed by atoms with E-state index in [0.29, 0.717) is 5.95 Å². The van der Waals surface area contributed by atoms with E-state index in [-0.39, 0.29) is 6.23 Å². The van der Waals surface area contributed by atoms with Crippen LogP contribution in [0.2, 0.25) is 0 Å². The average molecular weight is 420 g/mol. The topological polar surface area (TPSA) is 74.1 Å². The van der Waals surface area contributed by atoms with E-state index in [0.717, 1.165) is 58.8 Å². The van der Waals surface area contributed by atoms with Gasteiger partial charge in [0.1, 0.15) is 12.0 Å². The van der Waals surface area contributed by atoms with Gasteiger partial charge in [-0.1, -0.05) is 6.07 Å². The van der Waals surface area contributed by atoms with Gasteiger partial charge in [0.15, 0.2) is 0 Å². The molecule has 0 bridgehead atoms. The minimum atomic E-state index is 0.0458. The zero-order valence-corrected chi connectivity index (χ0v) is 18.6. The number of aryl methyl sites for hydroxylation is 2. The molecular weight excluding hydrogens is 390 g/mol. The highest BCUT2D eigenvalue weighted by atomic mass is 16.5. The average Bonchev–Trinajstić information content (AvgIpc) is 3.28. The maximum atomic E-state index is 5.82. The molecule has 1 fully saturated rings. The van der Waals surface area contributed by atoms with Gasteiger partial charge in [0.25, 0.3) is 0 Å². The second-order valence-electron chi connectivity index (χ2n) is 7.92. The predicted molar refractivity (Wildman–Crippen MR) is 122 cm³/mol. The van der Waals surface area contributed by atoms with E-state index in [9.17, 15) is 0 Å². The van der Waals surface area contributed by atoms with Gasteiger partial charge in [-0.05, 0) is 69.4 Å². The largest absolute Gasteiger partial charge is 0.495 e. The number of methoxy groups -OCH3 is 1. The number of hydrogen-bond acceptors (Lipinski definition) is 6. The molecule has 1 atom stereocenters. The van der Waals surface area contributed by atoms with Crippen LogP contribution in [0.15, 0.2) is 36.8 Å². The Kier molecular flexibility index (Phi) is 6.32. The summed E-state index contributed by atoms with van der Waals surface area (Å²) in [5.74, 6) is 1.30. The van der Waals surface area contributed by atoms with Crippen molar-refractivity contribution in [1.29, 1.82) is 0 Å². The third kappa shape index (κ3) is 4.94. The molecule has 31 heavy (non-hydrogen) atoms. The lowest BCUT2D eigenvalue weighted by atomic mass is 10.1. The van der Waals surface area contributed by atoms with E-state index < -0.39 is 0 Å². The molecule has 3 heterocycles. The molecule has 1 N–H and O–H groups in total. The summed E-state index contributed by atoms with van der Waals surface area (Å²) in [7, 11) is 1.66. The fraction of sp³-hybridized carbons (Fsp3) is 0.375. The first-order valence-corrected chi connectivity index (χ1v) is 10.6. The van der Waals surface area contributed by atoms with Gasteiger partial charge >= 0.3 is 0 Å². The van der Waals surface area contributed by atoms with Crippen LogP contribution in [-0.2, 0) is 4.74 Å². The van der Waals surface area contributed by atoms with Crippen LogP contribution in [0.25, 0.3) is 11.6 Å². The van der Waals surface area contributed by atoms with Gasteiger partial charge in [-0.25, -0.2) is 14.6 Å². The Balaban J connectivity index is 1.50. The van der Waals surface area contributed by atoms with Crippen LogP contribution in [0.4, 0.5) is 11.6 Å². The Morgan fingerprint density at radius 1 is 1.26 bits per heavy atom. The summed E-state index contributed by atoms with van der Waals surface area (Å²) in [4.78, 5) is 9.12. The number of ether oxygens (including phenoxy) is 2. The number of nitrogens with one attached hydrogen (secondary N) is 1. The van der Waals surface area contributed by atoms with Crippen LogP contribution >= 0.6 is 0 Å². The Morgan fingerprint density at radius 3 is 2.87 bits per heavy atom. The highest BCUT2D eigenvalue weighted by Crippen LogP contribution is 2.28. The highest BCUT2D eigenvalue weighted by Gasteiger charge is 2.17. The summed E-state index contributed by atoms with van der Waals surface area (Å²) in [6.45, 7) is 6.89. The highest BCUT2D eigenvalue weighted by molar-refractivity contribution is 5.80. The molecule has 1 aliphatic rings. The van der Waals surface area contributed by atoms with Gasteiger partial charge in [-0.2, -0.15) is 5.10 Å². The lowest BCUT2D eigenvalue weighted by Crippen LogP contribution is -2.18. The maximum absolute atomic E-state index is 5.82. The zero-order chi connectivity index (χ0) is 21.8. The van der Waals surface area contributed by atoms with Crippen molar-refractivity contribution in [2.24, 2.45) is 0 Å². The monoisotopic (exact) mass is 419 g/mol. The van der Waals surface area contributed by atoms with E-state index in [1.54, 1.807) is 7.11 Å². The minimum Gasteiger partial charge on any atom is -0.495 e. The van der Waals surface area contributed by atoms with Crippen molar-refractivity contribution in [2.75, 3.05) is 19.0 Å². The van der Waals surface area contributed by atoms with Gasteiger partial charge in [0.05, 0.1) is 24.7 Å². The molecule has 1 saturated heterocycles.